The van der Waals surface area contributed by atoms with Gasteiger partial charge in [-0.1, -0.05) is 5.16 Å². The van der Waals surface area contributed by atoms with Crippen LogP contribution < -0.4 is 9.47 Å². The first-order chi connectivity index (χ1) is 17.1. The van der Waals surface area contributed by atoms with Crippen molar-refractivity contribution in [2.75, 3.05) is 26.3 Å². The molecule has 8 nitrogen and oxygen atoms in total. The van der Waals surface area contributed by atoms with Crippen LogP contribution in [0.1, 0.15) is 35.1 Å². The number of fused-ring (bicyclic) bond motifs is 1. The first-order valence-corrected chi connectivity index (χ1v) is 12.3. The Morgan fingerprint density at radius 3 is 2.69 bits per heavy atom. The van der Waals surface area contributed by atoms with Crippen molar-refractivity contribution in [2.45, 2.75) is 18.8 Å². The lowest BCUT2D eigenvalue weighted by Gasteiger charge is -2.30. The molecule has 4 aromatic rings. The van der Waals surface area contributed by atoms with Gasteiger partial charge in [-0.15, -0.1) is 11.3 Å². The fraction of sp³-hybridized carbons (Fsp3) is 0.280. The monoisotopic (exact) mass is 492 g/mol. The number of nitrogens with zero attached hydrogens (tertiary/aromatic N) is 4. The molecular weight excluding hydrogens is 471 g/mol. The lowest BCUT2D eigenvalue weighted by Crippen LogP contribution is -2.39. The number of halogens is 1. The molecule has 178 valence electrons. The van der Waals surface area contributed by atoms with E-state index in [4.69, 9.17) is 14.0 Å². The third-order valence-electron chi connectivity index (χ3n) is 6.11. The third-order valence-corrected chi connectivity index (χ3v) is 7.01. The normalized spacial score (nSPS) is 17.4. The van der Waals surface area contributed by atoms with E-state index in [2.05, 4.69) is 15.1 Å². The smallest absolute Gasteiger partial charge is 0.273 e. The largest absolute Gasteiger partial charge is 0.486 e. The van der Waals surface area contributed by atoms with Crippen molar-refractivity contribution >= 4 is 17.2 Å². The molecule has 6 rings (SSSR count). The summed E-state index contributed by atoms with van der Waals surface area (Å²) in [6, 6.07) is 11.6. The Morgan fingerprint density at radius 2 is 1.83 bits per heavy atom. The predicted molar refractivity (Wildman–Crippen MR) is 126 cm³/mol. The van der Waals surface area contributed by atoms with E-state index in [1.807, 2.05) is 18.2 Å². The molecule has 35 heavy (non-hydrogen) atoms. The van der Waals surface area contributed by atoms with Gasteiger partial charge >= 0.3 is 0 Å². The SMILES string of the molecule is O=C(c1csc(-c2ccc3c(c2)OCCO3)n1)N1CCCC(c2nc(-c3ccc(F)cc3)no2)C1. The molecule has 10 heteroatoms. The molecule has 1 amide bonds. The lowest BCUT2D eigenvalue weighted by molar-refractivity contribution is 0.0690. The maximum atomic E-state index is 13.2. The van der Waals surface area contributed by atoms with Gasteiger partial charge in [-0.3, -0.25) is 4.79 Å². The van der Waals surface area contributed by atoms with Crippen LogP contribution in [0.15, 0.2) is 52.4 Å². The van der Waals surface area contributed by atoms with Crippen LogP contribution in [0.4, 0.5) is 4.39 Å². The highest BCUT2D eigenvalue weighted by Crippen LogP contribution is 2.36. The van der Waals surface area contributed by atoms with Crippen LogP contribution in [0.3, 0.4) is 0 Å². The fourth-order valence-corrected chi connectivity index (χ4v) is 5.11. The van der Waals surface area contributed by atoms with E-state index >= 15 is 0 Å². The van der Waals surface area contributed by atoms with E-state index < -0.39 is 0 Å². The van der Waals surface area contributed by atoms with E-state index in [-0.39, 0.29) is 17.6 Å². The molecule has 0 bridgehead atoms. The zero-order valence-corrected chi connectivity index (χ0v) is 19.5. The van der Waals surface area contributed by atoms with E-state index in [1.165, 1.54) is 23.5 Å². The molecule has 0 radical (unpaired) electrons. The number of carbonyl (C=O) groups is 1. The van der Waals surface area contributed by atoms with Crippen LogP contribution in [0, 0.1) is 5.82 Å². The molecule has 2 aliphatic rings. The summed E-state index contributed by atoms with van der Waals surface area (Å²) in [4.78, 5) is 24.1. The van der Waals surface area contributed by atoms with Crippen molar-refractivity contribution in [3.05, 3.63) is 65.2 Å². The topological polar surface area (TPSA) is 90.6 Å². The Hall–Kier alpha value is -3.79. The molecule has 1 fully saturated rings. The zero-order chi connectivity index (χ0) is 23.8. The summed E-state index contributed by atoms with van der Waals surface area (Å²) in [6.07, 6.45) is 1.66. The molecule has 1 unspecified atom stereocenters. The number of amides is 1. The number of thiazole rings is 1. The summed E-state index contributed by atoms with van der Waals surface area (Å²) in [5.74, 6) is 1.80. The van der Waals surface area contributed by atoms with Gasteiger partial charge in [0.1, 0.15) is 29.7 Å². The number of ether oxygens (including phenoxy) is 2. The highest BCUT2D eigenvalue weighted by molar-refractivity contribution is 7.13. The minimum Gasteiger partial charge on any atom is -0.486 e. The predicted octanol–water partition coefficient (Wildman–Crippen LogP) is 4.79. The van der Waals surface area contributed by atoms with Crippen LogP contribution in [-0.2, 0) is 0 Å². The summed E-state index contributed by atoms with van der Waals surface area (Å²) >= 11 is 1.42. The standard InChI is InChI=1S/C25H21FN4O4S/c26-18-6-3-15(4-7-18)22-28-23(34-29-22)17-2-1-9-30(13-17)25(31)19-14-35-24(27-19)16-5-8-20-21(12-16)33-11-10-32-20/h3-8,12,14,17H,1-2,9-11,13H2. The number of hydrogen-bond acceptors (Lipinski definition) is 8. The van der Waals surface area contributed by atoms with Crippen molar-refractivity contribution in [2.24, 2.45) is 0 Å². The molecule has 0 aliphatic carbocycles. The molecule has 1 atom stereocenters. The van der Waals surface area contributed by atoms with Crippen molar-refractivity contribution in [1.82, 2.24) is 20.0 Å². The van der Waals surface area contributed by atoms with E-state index in [1.54, 1.807) is 22.4 Å². The Kier molecular flexibility index (Phi) is 5.65. The highest BCUT2D eigenvalue weighted by atomic mass is 32.1. The Morgan fingerprint density at radius 1 is 1.03 bits per heavy atom. The molecule has 2 aromatic heterocycles. The summed E-state index contributed by atoms with van der Waals surface area (Å²) < 4.78 is 30.0. The summed E-state index contributed by atoms with van der Waals surface area (Å²) in [6.45, 7) is 2.17. The average molecular weight is 493 g/mol. The van der Waals surface area contributed by atoms with E-state index in [0.29, 0.717) is 55.0 Å². The van der Waals surface area contributed by atoms with Crippen LogP contribution in [0.5, 0.6) is 11.5 Å². The number of benzene rings is 2. The lowest BCUT2D eigenvalue weighted by atomic mass is 9.97. The first-order valence-electron chi connectivity index (χ1n) is 11.4. The minimum absolute atomic E-state index is 0.0645. The van der Waals surface area contributed by atoms with Gasteiger partial charge in [0, 0.05) is 29.6 Å². The van der Waals surface area contributed by atoms with Gasteiger partial charge in [-0.25, -0.2) is 9.37 Å². The minimum atomic E-state index is -0.321. The van der Waals surface area contributed by atoms with Gasteiger partial charge < -0.3 is 18.9 Å². The molecule has 1 saturated heterocycles. The molecular formula is C25H21FN4O4S. The summed E-state index contributed by atoms with van der Waals surface area (Å²) in [5.41, 5.74) is 1.98. The quantitative estimate of drug-likeness (QED) is 0.405. The van der Waals surface area contributed by atoms with Crippen LogP contribution in [0.2, 0.25) is 0 Å². The second kappa shape index (κ2) is 9.10. The van der Waals surface area contributed by atoms with E-state index in [0.717, 1.165) is 29.2 Å². The van der Waals surface area contributed by atoms with Crippen molar-refractivity contribution < 1.29 is 23.2 Å². The van der Waals surface area contributed by atoms with Gasteiger partial charge in [0.15, 0.2) is 11.5 Å². The second-order valence-corrected chi connectivity index (χ2v) is 9.31. The first kappa shape index (κ1) is 21.7. The Labute approximate surface area is 204 Å². The molecule has 0 N–H and O–H groups in total. The van der Waals surface area contributed by atoms with Gasteiger partial charge in [-0.05, 0) is 55.3 Å². The van der Waals surface area contributed by atoms with Gasteiger partial charge in [0.2, 0.25) is 11.7 Å². The molecule has 0 saturated carbocycles. The van der Waals surface area contributed by atoms with E-state index in [9.17, 15) is 9.18 Å². The summed E-state index contributed by atoms with van der Waals surface area (Å²) in [5, 5.41) is 6.58. The van der Waals surface area contributed by atoms with Crippen LogP contribution >= 0.6 is 11.3 Å². The Bertz CT molecular complexity index is 1370. The van der Waals surface area contributed by atoms with Gasteiger partial charge in [0.05, 0.1) is 5.92 Å². The molecule has 2 aliphatic heterocycles. The molecule has 2 aromatic carbocycles. The Balaban J connectivity index is 1.16. The maximum Gasteiger partial charge on any atom is 0.273 e. The van der Waals surface area contributed by atoms with Crippen LogP contribution in [-0.4, -0.2) is 52.2 Å². The third kappa shape index (κ3) is 4.37. The summed E-state index contributed by atoms with van der Waals surface area (Å²) in [7, 11) is 0. The molecule has 4 heterocycles. The highest BCUT2D eigenvalue weighted by Gasteiger charge is 2.30. The fourth-order valence-electron chi connectivity index (χ4n) is 4.32. The number of aromatic nitrogens is 3. The number of piperidine rings is 1. The number of likely N-dealkylation sites (tertiary alicyclic amines) is 1. The van der Waals surface area contributed by atoms with Gasteiger partial charge in [0.25, 0.3) is 5.91 Å². The average Bonchev–Trinajstić information content (AvgIpc) is 3.59. The number of carbonyl (C=O) groups excluding carboxylic acids is 1. The van der Waals surface area contributed by atoms with Crippen LogP contribution in [0.25, 0.3) is 22.0 Å². The second-order valence-electron chi connectivity index (χ2n) is 8.45. The van der Waals surface area contributed by atoms with Gasteiger partial charge in [-0.2, -0.15) is 4.98 Å². The van der Waals surface area contributed by atoms with Crippen molar-refractivity contribution in [1.29, 1.82) is 0 Å². The maximum absolute atomic E-state index is 13.2. The zero-order valence-electron chi connectivity index (χ0n) is 18.6. The number of hydrogen-bond donors (Lipinski definition) is 0. The van der Waals surface area contributed by atoms with Crippen molar-refractivity contribution in [3.8, 4) is 33.5 Å². The van der Waals surface area contributed by atoms with Crippen molar-refractivity contribution in [3.63, 3.8) is 0 Å². The molecule has 0 spiro atoms. The number of rotatable bonds is 4.